The predicted molar refractivity (Wildman–Crippen MR) is 77.9 cm³/mol. The van der Waals surface area contributed by atoms with E-state index in [0.29, 0.717) is 32.4 Å². The summed E-state index contributed by atoms with van der Waals surface area (Å²) in [5.41, 5.74) is 6.25. The first-order valence-corrected chi connectivity index (χ1v) is 8.31. The molecule has 2 heterocycles. The average molecular weight is 296 g/mol. The third-order valence-corrected chi connectivity index (χ3v) is 5.50. The molecule has 1 aliphatic rings. The molecule has 110 valence electrons. The van der Waals surface area contributed by atoms with E-state index < -0.39 is 10.0 Å². The zero-order valence-electron chi connectivity index (χ0n) is 11.3. The van der Waals surface area contributed by atoms with E-state index in [1.54, 1.807) is 6.20 Å². The van der Waals surface area contributed by atoms with Crippen LogP contribution in [0.15, 0.2) is 24.4 Å². The summed E-state index contributed by atoms with van der Waals surface area (Å²) in [5.74, 6) is 0.266. The number of nitrogens with zero attached hydrogens (tertiary/aromatic N) is 2. The molecule has 0 radical (unpaired) electrons. The van der Waals surface area contributed by atoms with Crippen molar-refractivity contribution in [1.29, 1.82) is 5.41 Å². The summed E-state index contributed by atoms with van der Waals surface area (Å²) in [5, 5.41) is 7.41. The minimum Gasteiger partial charge on any atom is -0.387 e. The van der Waals surface area contributed by atoms with Gasteiger partial charge in [-0.05, 0) is 25.0 Å². The number of hydrogen-bond donors (Lipinski definition) is 2. The Labute approximate surface area is 119 Å². The number of pyridine rings is 1. The number of nitrogens with two attached hydrogens (primary N) is 1. The van der Waals surface area contributed by atoms with Crippen LogP contribution in [0.5, 0.6) is 0 Å². The molecule has 0 amide bonds. The van der Waals surface area contributed by atoms with Crippen molar-refractivity contribution in [2.45, 2.75) is 19.3 Å². The Hall–Kier alpha value is -1.47. The average Bonchev–Trinajstić information content (AvgIpc) is 2.46. The lowest BCUT2D eigenvalue weighted by molar-refractivity contribution is 0.314. The summed E-state index contributed by atoms with van der Waals surface area (Å²) < 4.78 is 26.0. The summed E-state index contributed by atoms with van der Waals surface area (Å²) in [4.78, 5) is 4.13. The van der Waals surface area contributed by atoms with Crippen LogP contribution < -0.4 is 5.73 Å². The number of hydrogen-bond acceptors (Lipinski definition) is 4. The molecule has 1 saturated heterocycles. The molecule has 2 rings (SSSR count). The molecular weight excluding hydrogens is 276 g/mol. The van der Waals surface area contributed by atoms with Gasteiger partial charge >= 0.3 is 0 Å². The summed E-state index contributed by atoms with van der Waals surface area (Å²) in [7, 11) is -3.25. The molecule has 0 saturated carbocycles. The van der Waals surface area contributed by atoms with Gasteiger partial charge in [-0.1, -0.05) is 6.07 Å². The Bertz CT molecular complexity index is 551. The first-order chi connectivity index (χ1) is 9.49. The Balaban J connectivity index is 1.90. The molecule has 0 unspecified atom stereocenters. The first-order valence-electron chi connectivity index (χ1n) is 6.70. The number of sulfonamides is 1. The molecule has 1 aromatic heterocycles. The summed E-state index contributed by atoms with van der Waals surface area (Å²) in [6, 6.07) is 5.50. The summed E-state index contributed by atoms with van der Waals surface area (Å²) in [6.07, 6.45) is 3.37. The zero-order valence-corrected chi connectivity index (χ0v) is 12.1. The van der Waals surface area contributed by atoms with E-state index >= 15 is 0 Å². The van der Waals surface area contributed by atoms with Crippen LogP contribution in [0.2, 0.25) is 0 Å². The van der Waals surface area contributed by atoms with E-state index in [-0.39, 0.29) is 17.5 Å². The number of nitrogens with one attached hydrogen (secondary N) is 1. The van der Waals surface area contributed by atoms with Crippen LogP contribution in [0.25, 0.3) is 0 Å². The van der Waals surface area contributed by atoms with Crippen molar-refractivity contribution >= 4 is 15.9 Å². The topological polar surface area (TPSA) is 100 Å². The fourth-order valence-corrected chi connectivity index (χ4v) is 3.85. The highest BCUT2D eigenvalue weighted by atomic mass is 32.2. The van der Waals surface area contributed by atoms with Crippen molar-refractivity contribution in [1.82, 2.24) is 9.29 Å². The van der Waals surface area contributed by atoms with E-state index in [1.165, 1.54) is 4.31 Å². The monoisotopic (exact) mass is 296 g/mol. The van der Waals surface area contributed by atoms with Crippen molar-refractivity contribution in [3.63, 3.8) is 0 Å². The summed E-state index contributed by atoms with van der Waals surface area (Å²) in [6.45, 7) is 0.906. The van der Waals surface area contributed by atoms with Crippen LogP contribution >= 0.6 is 0 Å². The van der Waals surface area contributed by atoms with Gasteiger partial charge in [0.2, 0.25) is 10.0 Å². The van der Waals surface area contributed by atoms with Gasteiger partial charge in [0.1, 0.15) is 0 Å². The van der Waals surface area contributed by atoms with E-state index in [2.05, 4.69) is 4.98 Å². The maximum absolute atomic E-state index is 12.2. The molecule has 1 aromatic rings. The lowest BCUT2D eigenvalue weighted by Crippen LogP contribution is -2.42. The van der Waals surface area contributed by atoms with Crippen LogP contribution in [0.3, 0.4) is 0 Å². The standard InChI is InChI=1S/C13H20N4O2S/c14-13(15)11-4-8-17(9-5-11)20(18,19)10-6-12-3-1-2-7-16-12/h1-3,7,11H,4-6,8-10H2,(H3,14,15). The number of amidine groups is 1. The highest BCUT2D eigenvalue weighted by Crippen LogP contribution is 2.19. The first kappa shape index (κ1) is 14.9. The van der Waals surface area contributed by atoms with Crippen molar-refractivity contribution in [2.75, 3.05) is 18.8 Å². The highest BCUT2D eigenvalue weighted by molar-refractivity contribution is 7.89. The van der Waals surface area contributed by atoms with E-state index in [1.807, 2.05) is 18.2 Å². The second-order valence-corrected chi connectivity index (χ2v) is 7.10. The molecule has 0 aromatic carbocycles. The molecule has 0 aliphatic carbocycles. The fourth-order valence-electron chi connectivity index (χ4n) is 2.35. The molecule has 1 fully saturated rings. The Kier molecular flexibility index (Phi) is 4.72. The van der Waals surface area contributed by atoms with Gasteiger partial charge in [0, 0.05) is 37.3 Å². The Morgan fingerprint density at radius 3 is 2.65 bits per heavy atom. The molecule has 1 aliphatic heterocycles. The van der Waals surface area contributed by atoms with Crippen LogP contribution in [-0.4, -0.2) is 42.4 Å². The van der Waals surface area contributed by atoms with Gasteiger partial charge in [-0.15, -0.1) is 0 Å². The zero-order chi connectivity index (χ0) is 14.6. The minimum absolute atomic E-state index is 0.0252. The Morgan fingerprint density at radius 1 is 1.40 bits per heavy atom. The lowest BCUT2D eigenvalue weighted by Gasteiger charge is -2.30. The van der Waals surface area contributed by atoms with Gasteiger partial charge in [-0.3, -0.25) is 10.4 Å². The van der Waals surface area contributed by atoms with Gasteiger partial charge in [-0.25, -0.2) is 12.7 Å². The van der Waals surface area contributed by atoms with Gasteiger partial charge in [0.25, 0.3) is 0 Å². The highest BCUT2D eigenvalue weighted by Gasteiger charge is 2.28. The minimum atomic E-state index is -3.25. The predicted octanol–water partition coefficient (Wildman–Crippen LogP) is 0.602. The molecule has 0 atom stereocenters. The molecule has 3 N–H and O–H groups in total. The maximum Gasteiger partial charge on any atom is 0.214 e. The number of piperidine rings is 1. The second kappa shape index (κ2) is 6.32. The van der Waals surface area contributed by atoms with Gasteiger partial charge in [-0.2, -0.15) is 0 Å². The smallest absolute Gasteiger partial charge is 0.214 e. The fraction of sp³-hybridized carbons (Fsp3) is 0.538. The lowest BCUT2D eigenvalue weighted by atomic mass is 9.97. The van der Waals surface area contributed by atoms with E-state index in [9.17, 15) is 8.42 Å². The third kappa shape index (κ3) is 3.77. The van der Waals surface area contributed by atoms with Crippen molar-refractivity contribution in [3.05, 3.63) is 30.1 Å². The molecule has 6 nitrogen and oxygen atoms in total. The normalized spacial score (nSPS) is 18.0. The molecule has 20 heavy (non-hydrogen) atoms. The van der Waals surface area contributed by atoms with Gasteiger partial charge < -0.3 is 5.73 Å². The van der Waals surface area contributed by atoms with Gasteiger partial charge in [0.05, 0.1) is 11.6 Å². The quantitative estimate of drug-likeness (QED) is 0.614. The number of aromatic nitrogens is 1. The summed E-state index contributed by atoms with van der Waals surface area (Å²) >= 11 is 0. The van der Waals surface area contributed by atoms with Crippen LogP contribution in [0.4, 0.5) is 0 Å². The second-order valence-electron chi connectivity index (χ2n) is 5.02. The van der Waals surface area contributed by atoms with E-state index in [0.717, 1.165) is 5.69 Å². The molecule has 7 heteroatoms. The van der Waals surface area contributed by atoms with Gasteiger partial charge in [0.15, 0.2) is 0 Å². The molecule has 0 bridgehead atoms. The maximum atomic E-state index is 12.2. The van der Waals surface area contributed by atoms with Crippen LogP contribution in [-0.2, 0) is 16.4 Å². The molecular formula is C13H20N4O2S. The van der Waals surface area contributed by atoms with Crippen molar-refractivity contribution in [2.24, 2.45) is 11.7 Å². The van der Waals surface area contributed by atoms with E-state index in [4.69, 9.17) is 11.1 Å². The third-order valence-electron chi connectivity index (χ3n) is 3.63. The number of rotatable bonds is 5. The number of aryl methyl sites for hydroxylation is 1. The molecule has 0 spiro atoms. The van der Waals surface area contributed by atoms with Crippen molar-refractivity contribution in [3.8, 4) is 0 Å². The largest absolute Gasteiger partial charge is 0.387 e. The van der Waals surface area contributed by atoms with Crippen LogP contribution in [0, 0.1) is 11.3 Å². The van der Waals surface area contributed by atoms with Crippen molar-refractivity contribution < 1.29 is 8.42 Å². The van der Waals surface area contributed by atoms with Crippen LogP contribution in [0.1, 0.15) is 18.5 Å². The SMILES string of the molecule is N=C(N)C1CCN(S(=O)(=O)CCc2ccccn2)CC1. The Morgan fingerprint density at radius 2 is 2.10 bits per heavy atom.